The first-order valence-electron chi connectivity index (χ1n) is 3.43. The van der Waals surface area contributed by atoms with Crippen LogP contribution in [0.1, 0.15) is 0 Å². The number of rotatable bonds is 1. The highest BCUT2D eigenvalue weighted by Crippen LogP contribution is 2.24. The number of urea groups is 1. The molecule has 0 aromatic heterocycles. The molecule has 1 heterocycles. The van der Waals surface area contributed by atoms with Crippen molar-refractivity contribution in [2.45, 2.75) is 0 Å². The first-order valence-corrected chi connectivity index (χ1v) is 3.43. The lowest BCUT2D eigenvalue weighted by molar-refractivity contribution is 0.115. The van der Waals surface area contributed by atoms with Gasteiger partial charge in [-0.15, -0.1) is 0 Å². The number of aliphatic hydroxyl groups excluding tert-OH is 3. The second kappa shape index (κ2) is 3.21. The van der Waals surface area contributed by atoms with Gasteiger partial charge < -0.3 is 25.8 Å². The fraction of sp³-hybridized carbons (Fsp3) is 0. The van der Waals surface area contributed by atoms with Crippen LogP contribution in [-0.4, -0.2) is 21.4 Å². The fourth-order valence-electron chi connectivity index (χ4n) is 0.804. The summed E-state index contributed by atoms with van der Waals surface area (Å²) < 4.78 is 4.48. The summed E-state index contributed by atoms with van der Waals surface area (Å²) in [5, 5.41) is 29.3. The lowest BCUT2D eigenvalue weighted by Gasteiger charge is -2.17. The Bertz CT molecular complexity index is 368. The third kappa shape index (κ3) is 1.56. The largest absolute Gasteiger partial charge is 0.503 e. The van der Waals surface area contributed by atoms with Crippen LogP contribution >= 0.6 is 0 Å². The summed E-state index contributed by atoms with van der Waals surface area (Å²) in [4.78, 5) is 10.4. The molecule has 0 atom stereocenters. The number of hydrogen-bond donors (Lipinski definition) is 5. The lowest BCUT2D eigenvalue weighted by Crippen LogP contribution is -2.32. The molecule has 7 heteroatoms. The lowest BCUT2D eigenvalue weighted by atomic mass is 10.2. The number of amides is 2. The molecule has 0 aromatic rings. The van der Waals surface area contributed by atoms with Crippen molar-refractivity contribution in [3.8, 4) is 0 Å². The average Bonchev–Trinajstić information content (AvgIpc) is 2.09. The Kier molecular flexibility index (Phi) is 2.24. The second-order valence-corrected chi connectivity index (χ2v) is 2.39. The summed E-state index contributed by atoms with van der Waals surface area (Å²) in [5.74, 6) is -2.59. The molecule has 0 fully saturated rings. The molecule has 0 aromatic carbocycles. The molecule has 76 valence electrons. The molecule has 0 aliphatic carbocycles. The second-order valence-electron chi connectivity index (χ2n) is 2.39. The van der Waals surface area contributed by atoms with E-state index in [0.29, 0.717) is 0 Å². The maximum Gasteiger partial charge on any atom is 0.316 e. The van der Waals surface area contributed by atoms with E-state index in [0.717, 1.165) is 0 Å². The smallest absolute Gasteiger partial charge is 0.316 e. The standard InChI is InChI=1S/C7H8N2O5/c1-2-4(10)5(11)3(6(12)14-2)9-7(8)13/h10-12H,1H2,(H3,8,9,13). The summed E-state index contributed by atoms with van der Waals surface area (Å²) >= 11 is 0. The van der Waals surface area contributed by atoms with Crippen LogP contribution in [0.25, 0.3) is 0 Å². The highest BCUT2D eigenvalue weighted by molar-refractivity contribution is 5.75. The molecule has 7 nitrogen and oxygen atoms in total. The molecule has 1 rings (SSSR count). The summed E-state index contributed by atoms with van der Waals surface area (Å²) in [6, 6.07) is -1.03. The summed E-state index contributed by atoms with van der Waals surface area (Å²) in [6.07, 6.45) is 0. The van der Waals surface area contributed by atoms with Gasteiger partial charge in [-0.1, -0.05) is 6.58 Å². The maximum atomic E-state index is 10.4. The van der Waals surface area contributed by atoms with Crippen molar-refractivity contribution in [1.29, 1.82) is 0 Å². The average molecular weight is 200 g/mol. The van der Waals surface area contributed by atoms with E-state index in [2.05, 4.69) is 11.3 Å². The zero-order chi connectivity index (χ0) is 10.9. The Balaban J connectivity index is 3.09. The molecule has 0 bridgehead atoms. The van der Waals surface area contributed by atoms with E-state index in [4.69, 9.17) is 15.9 Å². The third-order valence-corrected chi connectivity index (χ3v) is 1.41. The van der Waals surface area contributed by atoms with Gasteiger partial charge in [0.25, 0.3) is 0 Å². The van der Waals surface area contributed by atoms with E-state index in [9.17, 15) is 9.90 Å². The van der Waals surface area contributed by atoms with E-state index in [1.54, 1.807) is 0 Å². The molecular weight excluding hydrogens is 192 g/mol. The number of ether oxygens (including phenoxy) is 1. The highest BCUT2D eigenvalue weighted by atomic mass is 16.6. The molecule has 0 unspecified atom stereocenters. The Labute approximate surface area is 78.4 Å². The van der Waals surface area contributed by atoms with Crippen LogP contribution in [0, 0.1) is 0 Å². The van der Waals surface area contributed by atoms with Crippen LogP contribution in [0.5, 0.6) is 0 Å². The predicted octanol–water partition coefficient (Wildman–Crippen LogP) is 0.253. The van der Waals surface area contributed by atoms with E-state index in [-0.39, 0.29) is 5.76 Å². The van der Waals surface area contributed by atoms with E-state index in [1.807, 2.05) is 5.32 Å². The minimum Gasteiger partial charge on any atom is -0.503 e. The summed E-state index contributed by atoms with van der Waals surface area (Å²) in [5.41, 5.74) is 4.23. The van der Waals surface area contributed by atoms with Gasteiger partial charge in [0.2, 0.25) is 5.76 Å². The van der Waals surface area contributed by atoms with Gasteiger partial charge in [-0.25, -0.2) is 4.79 Å². The van der Waals surface area contributed by atoms with Crippen molar-refractivity contribution in [1.82, 2.24) is 5.32 Å². The van der Waals surface area contributed by atoms with Gasteiger partial charge in [-0.05, 0) is 0 Å². The molecule has 14 heavy (non-hydrogen) atoms. The van der Waals surface area contributed by atoms with Crippen molar-refractivity contribution in [2.75, 3.05) is 0 Å². The van der Waals surface area contributed by atoms with Gasteiger partial charge in [-0.2, -0.15) is 0 Å². The van der Waals surface area contributed by atoms with E-state index in [1.165, 1.54) is 0 Å². The van der Waals surface area contributed by atoms with Gasteiger partial charge >= 0.3 is 12.0 Å². The van der Waals surface area contributed by atoms with Gasteiger partial charge in [0.1, 0.15) is 0 Å². The predicted molar refractivity (Wildman–Crippen MR) is 44.9 cm³/mol. The van der Waals surface area contributed by atoms with Crippen molar-refractivity contribution in [2.24, 2.45) is 5.73 Å². The molecule has 1 aliphatic heterocycles. The number of carbonyl (C=O) groups is 1. The Hall–Kier alpha value is -2.31. The molecule has 1 aliphatic rings. The van der Waals surface area contributed by atoms with Crippen LogP contribution in [0.2, 0.25) is 0 Å². The molecule has 0 radical (unpaired) electrons. The van der Waals surface area contributed by atoms with Crippen LogP contribution in [0.15, 0.2) is 35.5 Å². The highest BCUT2D eigenvalue weighted by Gasteiger charge is 2.26. The Morgan fingerprint density at radius 1 is 1.36 bits per heavy atom. The Morgan fingerprint density at radius 3 is 2.43 bits per heavy atom. The maximum absolute atomic E-state index is 10.4. The third-order valence-electron chi connectivity index (χ3n) is 1.41. The molecule has 0 spiro atoms. The van der Waals surface area contributed by atoms with Gasteiger partial charge in [0, 0.05) is 0 Å². The monoisotopic (exact) mass is 200 g/mol. The van der Waals surface area contributed by atoms with Crippen LogP contribution in [0.4, 0.5) is 4.79 Å². The minimum atomic E-state index is -1.03. The van der Waals surface area contributed by atoms with Crippen molar-refractivity contribution >= 4 is 6.03 Å². The number of hydrogen-bond acceptors (Lipinski definition) is 5. The van der Waals surface area contributed by atoms with Crippen molar-refractivity contribution in [3.63, 3.8) is 0 Å². The van der Waals surface area contributed by atoms with Crippen LogP contribution in [-0.2, 0) is 4.74 Å². The molecule has 2 amide bonds. The molecule has 0 saturated heterocycles. The fourth-order valence-corrected chi connectivity index (χ4v) is 0.804. The number of aliphatic hydroxyl groups is 3. The van der Waals surface area contributed by atoms with Crippen molar-refractivity contribution < 1.29 is 24.9 Å². The number of carbonyl (C=O) groups excluding carboxylic acids is 1. The van der Waals surface area contributed by atoms with Gasteiger partial charge in [0.15, 0.2) is 17.2 Å². The van der Waals surface area contributed by atoms with E-state index >= 15 is 0 Å². The number of nitrogens with two attached hydrogens (primary N) is 1. The van der Waals surface area contributed by atoms with Crippen LogP contribution < -0.4 is 11.1 Å². The SMILES string of the molecule is C=C1OC(O)=C(NC(N)=O)C(O)=C1O. The normalized spacial score (nSPS) is 16.7. The Morgan fingerprint density at radius 2 is 1.93 bits per heavy atom. The number of nitrogens with one attached hydrogen (secondary N) is 1. The quantitative estimate of drug-likeness (QED) is 0.415. The summed E-state index contributed by atoms with van der Waals surface area (Å²) in [7, 11) is 0. The number of primary amides is 1. The summed E-state index contributed by atoms with van der Waals surface area (Å²) in [6.45, 7) is 3.18. The zero-order valence-corrected chi connectivity index (χ0v) is 6.94. The van der Waals surface area contributed by atoms with Crippen LogP contribution in [0.3, 0.4) is 0 Å². The first-order chi connectivity index (χ1) is 6.43. The van der Waals surface area contributed by atoms with Gasteiger partial charge in [0.05, 0.1) is 0 Å². The zero-order valence-electron chi connectivity index (χ0n) is 6.94. The molecular formula is C7H8N2O5. The molecule has 6 N–H and O–H groups in total. The topological polar surface area (TPSA) is 125 Å². The molecule has 0 saturated carbocycles. The first kappa shape index (κ1) is 9.78. The van der Waals surface area contributed by atoms with E-state index < -0.39 is 29.2 Å². The van der Waals surface area contributed by atoms with Crippen molar-refractivity contribution in [3.05, 3.63) is 35.5 Å². The minimum absolute atomic E-state index is 0.338. The van der Waals surface area contributed by atoms with Gasteiger partial charge in [-0.3, -0.25) is 5.32 Å².